The van der Waals surface area contributed by atoms with Gasteiger partial charge in [-0.25, -0.2) is 24.9 Å². The monoisotopic (exact) mass is 403 g/mol. The molecule has 0 spiro atoms. The fourth-order valence-electron chi connectivity index (χ4n) is 2.45. The van der Waals surface area contributed by atoms with Crippen molar-refractivity contribution in [3.63, 3.8) is 0 Å². The van der Waals surface area contributed by atoms with E-state index in [0.29, 0.717) is 17.3 Å². The van der Waals surface area contributed by atoms with E-state index in [4.69, 9.17) is 0 Å². The van der Waals surface area contributed by atoms with E-state index in [1.807, 2.05) is 39.8 Å². The van der Waals surface area contributed by atoms with Gasteiger partial charge in [-0.2, -0.15) is 13.2 Å². The summed E-state index contributed by atoms with van der Waals surface area (Å²) in [7, 11) is 0. The zero-order valence-corrected chi connectivity index (χ0v) is 16.3. The fourth-order valence-corrected chi connectivity index (χ4v) is 2.45. The van der Waals surface area contributed by atoms with Crippen LogP contribution in [0.5, 0.6) is 0 Å². The van der Waals surface area contributed by atoms with E-state index in [1.165, 1.54) is 0 Å². The van der Waals surface area contributed by atoms with E-state index in [9.17, 15) is 13.2 Å². The zero-order chi connectivity index (χ0) is 21.2. The van der Waals surface area contributed by atoms with Gasteiger partial charge >= 0.3 is 6.18 Å². The van der Waals surface area contributed by atoms with Crippen LogP contribution in [0, 0.1) is 6.92 Å². The minimum atomic E-state index is -4.57. The Labute approximate surface area is 165 Å². The Balaban J connectivity index is 2.01. The van der Waals surface area contributed by atoms with Crippen LogP contribution in [-0.2, 0) is 6.18 Å². The predicted molar refractivity (Wildman–Crippen MR) is 104 cm³/mol. The highest BCUT2D eigenvalue weighted by Crippen LogP contribution is 2.29. The second-order valence-corrected chi connectivity index (χ2v) is 7.41. The van der Waals surface area contributed by atoms with E-state index in [2.05, 4.69) is 35.6 Å². The van der Waals surface area contributed by atoms with Gasteiger partial charge in [-0.1, -0.05) is 6.07 Å². The molecule has 3 aromatic heterocycles. The van der Waals surface area contributed by atoms with Crippen molar-refractivity contribution in [3.8, 4) is 11.5 Å². The summed E-state index contributed by atoms with van der Waals surface area (Å²) in [5.41, 5.74) is 0.00347. The number of pyridine rings is 1. The number of nitrogens with zero attached hydrogens (tertiary/aromatic N) is 5. The number of hydrogen-bond donors (Lipinski definition) is 2. The topological polar surface area (TPSA) is 88.5 Å². The van der Waals surface area contributed by atoms with Crippen LogP contribution in [-0.4, -0.2) is 30.5 Å². The number of anilines is 3. The fraction of sp³-hybridized carbons (Fsp3) is 0.316. The molecule has 7 nitrogen and oxygen atoms in total. The molecule has 29 heavy (non-hydrogen) atoms. The van der Waals surface area contributed by atoms with E-state index in [1.54, 1.807) is 12.1 Å². The quantitative estimate of drug-likeness (QED) is 0.658. The van der Waals surface area contributed by atoms with Gasteiger partial charge in [-0.05, 0) is 39.8 Å². The molecule has 3 heterocycles. The van der Waals surface area contributed by atoms with Crippen LogP contribution >= 0.6 is 0 Å². The summed E-state index contributed by atoms with van der Waals surface area (Å²) in [4.78, 5) is 20.4. The summed E-state index contributed by atoms with van der Waals surface area (Å²) in [6.45, 7) is 7.74. The Kier molecular flexibility index (Phi) is 5.36. The van der Waals surface area contributed by atoms with Crippen LogP contribution in [0.2, 0.25) is 0 Å². The Morgan fingerprint density at radius 1 is 0.862 bits per heavy atom. The summed E-state index contributed by atoms with van der Waals surface area (Å²) < 4.78 is 38.8. The second kappa shape index (κ2) is 7.61. The lowest BCUT2D eigenvalue weighted by atomic mass is 10.1. The molecule has 3 aromatic rings. The molecule has 0 aliphatic carbocycles. The smallest absolute Gasteiger partial charge is 0.365 e. The average Bonchev–Trinajstić information content (AvgIpc) is 2.59. The van der Waals surface area contributed by atoms with Crippen molar-refractivity contribution in [2.24, 2.45) is 0 Å². The first-order valence-electron chi connectivity index (χ1n) is 8.77. The maximum atomic E-state index is 12.9. The third-order valence-electron chi connectivity index (χ3n) is 3.56. The van der Waals surface area contributed by atoms with Gasteiger partial charge < -0.3 is 10.6 Å². The van der Waals surface area contributed by atoms with Gasteiger partial charge in [0.1, 0.15) is 35.2 Å². The first-order chi connectivity index (χ1) is 13.5. The second-order valence-electron chi connectivity index (χ2n) is 7.41. The Bertz CT molecular complexity index is 1010. The summed E-state index contributed by atoms with van der Waals surface area (Å²) in [5.74, 6) is 1.07. The van der Waals surface area contributed by atoms with Crippen molar-refractivity contribution in [1.82, 2.24) is 24.9 Å². The maximum absolute atomic E-state index is 12.9. The molecule has 0 amide bonds. The van der Waals surface area contributed by atoms with Crippen molar-refractivity contribution >= 4 is 17.5 Å². The third kappa shape index (κ3) is 5.59. The lowest BCUT2D eigenvalue weighted by Gasteiger charge is -2.22. The average molecular weight is 403 g/mol. The van der Waals surface area contributed by atoms with Gasteiger partial charge in [-0.3, -0.25) is 0 Å². The highest BCUT2D eigenvalue weighted by Gasteiger charge is 2.32. The van der Waals surface area contributed by atoms with Crippen molar-refractivity contribution < 1.29 is 13.2 Å². The van der Waals surface area contributed by atoms with Crippen LogP contribution in [0.1, 0.15) is 32.2 Å². The number of hydrogen-bond acceptors (Lipinski definition) is 7. The van der Waals surface area contributed by atoms with Gasteiger partial charge in [-0.15, -0.1) is 0 Å². The largest absolute Gasteiger partial charge is 0.433 e. The molecule has 3 rings (SSSR count). The molecule has 0 saturated carbocycles. The molecular weight excluding hydrogens is 383 g/mol. The Morgan fingerprint density at radius 2 is 1.59 bits per heavy atom. The summed E-state index contributed by atoms with van der Waals surface area (Å²) in [5, 5.41) is 6.03. The molecule has 2 N–H and O–H groups in total. The number of aryl methyl sites for hydroxylation is 1. The molecule has 0 fully saturated rings. The van der Waals surface area contributed by atoms with Gasteiger partial charge in [0.2, 0.25) is 0 Å². The number of halogens is 3. The van der Waals surface area contributed by atoms with E-state index >= 15 is 0 Å². The molecule has 0 aliphatic heterocycles. The molecule has 152 valence electrons. The predicted octanol–water partition coefficient (Wildman–Crippen LogP) is 4.61. The van der Waals surface area contributed by atoms with Crippen LogP contribution < -0.4 is 10.6 Å². The van der Waals surface area contributed by atoms with Crippen LogP contribution in [0.25, 0.3) is 11.5 Å². The number of rotatable bonds is 4. The normalized spacial score (nSPS) is 12.0. The van der Waals surface area contributed by atoms with Crippen molar-refractivity contribution in [2.45, 2.75) is 39.4 Å². The van der Waals surface area contributed by atoms with E-state index < -0.39 is 11.9 Å². The van der Waals surface area contributed by atoms with Gasteiger partial charge in [0.25, 0.3) is 0 Å². The standard InChI is InChI=1S/C19H20F3N7/c1-11-6-5-7-12(25-11)17-27-15(9-16(28-17)29-18(2,3)4)26-14-8-13(19(20,21)22)23-10-24-14/h5-10H,1-4H3,(H2,23,24,26,27,28,29). The minimum Gasteiger partial charge on any atom is -0.365 e. The van der Waals surface area contributed by atoms with Gasteiger partial charge in [0.05, 0.1) is 0 Å². The zero-order valence-electron chi connectivity index (χ0n) is 16.3. The van der Waals surface area contributed by atoms with Gasteiger partial charge in [0.15, 0.2) is 5.82 Å². The molecule has 0 aliphatic rings. The molecule has 0 saturated heterocycles. The third-order valence-corrected chi connectivity index (χ3v) is 3.56. The highest BCUT2D eigenvalue weighted by molar-refractivity contribution is 5.62. The molecule has 0 atom stereocenters. The summed E-state index contributed by atoms with van der Waals surface area (Å²) in [6, 6.07) is 7.86. The van der Waals surface area contributed by atoms with Gasteiger partial charge in [0, 0.05) is 23.4 Å². The molecule has 0 aromatic carbocycles. The molecule has 0 unspecified atom stereocenters. The minimum absolute atomic E-state index is 0.0316. The highest BCUT2D eigenvalue weighted by atomic mass is 19.4. The molecule has 0 bridgehead atoms. The summed E-state index contributed by atoms with van der Waals surface area (Å²) >= 11 is 0. The lowest BCUT2D eigenvalue weighted by Crippen LogP contribution is -2.27. The van der Waals surface area contributed by atoms with Crippen molar-refractivity contribution in [1.29, 1.82) is 0 Å². The van der Waals surface area contributed by atoms with Crippen LogP contribution in [0.4, 0.5) is 30.6 Å². The lowest BCUT2D eigenvalue weighted by molar-refractivity contribution is -0.141. The number of aromatic nitrogens is 5. The van der Waals surface area contributed by atoms with Crippen LogP contribution in [0.15, 0.2) is 36.7 Å². The molecule has 10 heteroatoms. The molecular formula is C19H20F3N7. The first-order valence-corrected chi connectivity index (χ1v) is 8.77. The maximum Gasteiger partial charge on any atom is 0.433 e. The number of nitrogens with one attached hydrogen (secondary N) is 2. The van der Waals surface area contributed by atoms with Crippen molar-refractivity contribution in [3.05, 3.63) is 48.0 Å². The Hall–Kier alpha value is -3.30. The Morgan fingerprint density at radius 3 is 2.24 bits per heavy atom. The molecule has 0 radical (unpaired) electrons. The number of alkyl halides is 3. The SMILES string of the molecule is Cc1cccc(-c2nc(Nc3cc(C(F)(F)F)ncn3)cc(NC(C)(C)C)n2)n1. The van der Waals surface area contributed by atoms with E-state index in [-0.39, 0.29) is 17.2 Å². The van der Waals surface area contributed by atoms with E-state index in [0.717, 1.165) is 18.1 Å². The first kappa shape index (κ1) is 20.4. The van der Waals surface area contributed by atoms with Crippen molar-refractivity contribution in [2.75, 3.05) is 10.6 Å². The summed E-state index contributed by atoms with van der Waals surface area (Å²) in [6.07, 6.45) is -3.72. The van der Waals surface area contributed by atoms with Crippen LogP contribution in [0.3, 0.4) is 0 Å².